The summed E-state index contributed by atoms with van der Waals surface area (Å²) in [5.74, 6) is 2.60. The monoisotopic (exact) mass is 451 g/mol. The molecule has 2 N–H and O–H groups in total. The molecule has 1 aliphatic heterocycles. The van der Waals surface area contributed by atoms with E-state index in [4.69, 9.17) is 16.6 Å². The number of hydrogen-bond acceptors (Lipinski definition) is 7. The van der Waals surface area contributed by atoms with Crippen LogP contribution in [0.2, 0.25) is 0 Å². The van der Waals surface area contributed by atoms with E-state index in [1.807, 2.05) is 38.1 Å². The van der Waals surface area contributed by atoms with Crippen molar-refractivity contribution in [2.24, 2.45) is 4.99 Å². The van der Waals surface area contributed by atoms with E-state index in [9.17, 15) is 0 Å². The molecule has 32 heavy (non-hydrogen) atoms. The summed E-state index contributed by atoms with van der Waals surface area (Å²) in [5.41, 5.74) is 1.76. The van der Waals surface area contributed by atoms with Gasteiger partial charge in [0, 0.05) is 50.0 Å². The van der Waals surface area contributed by atoms with Gasteiger partial charge in [0.25, 0.3) is 0 Å². The Morgan fingerprint density at radius 1 is 1.09 bits per heavy atom. The Balaban J connectivity index is 1.48. The molecule has 0 saturated carbocycles. The van der Waals surface area contributed by atoms with Gasteiger partial charge in [-0.25, -0.2) is 19.9 Å². The lowest BCUT2D eigenvalue weighted by molar-refractivity contribution is 0.382. The zero-order valence-corrected chi connectivity index (χ0v) is 18.8. The molecule has 0 amide bonds. The number of nitrogens with zero attached hydrogens (tertiary/aromatic N) is 7. The van der Waals surface area contributed by atoms with Gasteiger partial charge in [-0.05, 0) is 50.3 Å². The number of thiocarbonyl (C=S) groups is 1. The second kappa shape index (κ2) is 10.1. The minimum atomic E-state index is 0.349. The van der Waals surface area contributed by atoms with E-state index in [1.165, 1.54) is 0 Å². The minimum Gasteiger partial charge on any atom is -0.467 e. The molecule has 0 atom stereocenters. The average Bonchev–Trinajstić information content (AvgIpc) is 3.31. The number of hydrogen-bond donors (Lipinski definition) is 2. The second-order valence-electron chi connectivity index (χ2n) is 7.30. The summed E-state index contributed by atoms with van der Waals surface area (Å²) in [4.78, 5) is 26.6. The molecule has 1 fully saturated rings. The number of nitrogens with one attached hydrogen (secondary N) is 2. The average molecular weight is 452 g/mol. The predicted molar refractivity (Wildman–Crippen MR) is 127 cm³/mol. The van der Waals surface area contributed by atoms with Crippen molar-refractivity contribution in [3.05, 3.63) is 60.1 Å². The molecule has 0 aliphatic carbocycles. The van der Waals surface area contributed by atoms with Crippen LogP contribution in [-0.4, -0.2) is 62.1 Å². The Morgan fingerprint density at radius 2 is 1.81 bits per heavy atom. The number of aliphatic imine (C=N–C) groups is 1. The summed E-state index contributed by atoms with van der Waals surface area (Å²) in [6.07, 6.45) is 5.14. The zero-order valence-electron chi connectivity index (χ0n) is 18.0. The first kappa shape index (κ1) is 21.6. The lowest BCUT2D eigenvalue weighted by Gasteiger charge is -2.36. The van der Waals surface area contributed by atoms with Gasteiger partial charge in [-0.1, -0.05) is 0 Å². The van der Waals surface area contributed by atoms with E-state index in [2.05, 4.69) is 45.4 Å². The molecule has 3 aromatic rings. The van der Waals surface area contributed by atoms with Gasteiger partial charge in [-0.3, -0.25) is 5.32 Å². The number of anilines is 2. The minimum absolute atomic E-state index is 0.349. The van der Waals surface area contributed by atoms with Crippen molar-refractivity contribution in [1.29, 1.82) is 0 Å². The van der Waals surface area contributed by atoms with Crippen molar-refractivity contribution >= 4 is 35.2 Å². The quantitative estimate of drug-likeness (QED) is 0.348. The Morgan fingerprint density at radius 3 is 2.47 bits per heavy atom. The highest BCUT2D eigenvalue weighted by Crippen LogP contribution is 2.12. The summed E-state index contributed by atoms with van der Waals surface area (Å²) in [5, 5.41) is 6.72. The Kier molecular flexibility index (Phi) is 6.85. The fraction of sp³-hybridized carbons (Fsp3) is 0.333. The second-order valence-corrected chi connectivity index (χ2v) is 7.68. The Labute approximate surface area is 191 Å². The smallest absolute Gasteiger partial charge is 0.229 e. The predicted octanol–water partition coefficient (Wildman–Crippen LogP) is 2.14. The van der Waals surface area contributed by atoms with E-state index in [1.54, 1.807) is 18.7 Å². The standard InChI is InChI=1S/C21H25N9OS/c1-15-13-16(2)26-18(25-15)27-20(28-21(32)24-14-17-5-3-12-31-17)30-10-8-29(9-11-30)19-22-6-4-7-23-19/h3-7,12-13H,8-11,14H2,1-2H3,(H2,24,25,26,27,28,32). The summed E-state index contributed by atoms with van der Waals surface area (Å²) in [6, 6.07) is 7.46. The van der Waals surface area contributed by atoms with Crippen LogP contribution >= 0.6 is 12.2 Å². The van der Waals surface area contributed by atoms with Crippen LogP contribution in [0.5, 0.6) is 0 Å². The lowest BCUT2D eigenvalue weighted by atomic mass is 10.3. The van der Waals surface area contributed by atoms with E-state index >= 15 is 0 Å². The number of furan rings is 1. The van der Waals surface area contributed by atoms with Crippen molar-refractivity contribution in [1.82, 2.24) is 30.2 Å². The summed E-state index contributed by atoms with van der Waals surface area (Å²) < 4.78 is 5.35. The molecule has 3 aromatic heterocycles. The van der Waals surface area contributed by atoms with Crippen LogP contribution in [0.25, 0.3) is 0 Å². The van der Waals surface area contributed by atoms with Crippen LogP contribution in [0.3, 0.4) is 0 Å². The highest BCUT2D eigenvalue weighted by Gasteiger charge is 2.22. The number of aryl methyl sites for hydroxylation is 2. The third-order valence-electron chi connectivity index (χ3n) is 4.82. The first-order valence-electron chi connectivity index (χ1n) is 10.3. The van der Waals surface area contributed by atoms with Gasteiger partial charge in [0.15, 0.2) is 5.11 Å². The SMILES string of the molecule is Cc1cc(C)nc(N/C(=N/C(=S)NCc2ccco2)N2CCN(c3ncccn3)CC2)n1. The first-order valence-corrected chi connectivity index (χ1v) is 10.7. The molecule has 0 radical (unpaired) electrons. The molecular weight excluding hydrogens is 426 g/mol. The largest absolute Gasteiger partial charge is 0.467 e. The van der Waals surface area contributed by atoms with Gasteiger partial charge in [0.1, 0.15) is 5.76 Å². The lowest BCUT2D eigenvalue weighted by Crippen LogP contribution is -2.51. The van der Waals surface area contributed by atoms with Crippen LogP contribution in [-0.2, 0) is 6.54 Å². The summed E-state index contributed by atoms with van der Waals surface area (Å²) in [7, 11) is 0. The molecule has 11 heteroatoms. The molecule has 0 spiro atoms. The van der Waals surface area contributed by atoms with E-state index in [0.717, 1.165) is 49.3 Å². The molecule has 0 bridgehead atoms. The fourth-order valence-electron chi connectivity index (χ4n) is 3.34. The third-order valence-corrected chi connectivity index (χ3v) is 5.06. The summed E-state index contributed by atoms with van der Waals surface area (Å²) >= 11 is 5.46. The number of guanidine groups is 1. The van der Waals surface area contributed by atoms with Gasteiger partial charge in [0.05, 0.1) is 12.8 Å². The van der Waals surface area contributed by atoms with Crippen LogP contribution < -0.4 is 15.5 Å². The molecule has 4 rings (SSSR count). The molecule has 4 heterocycles. The number of rotatable bonds is 4. The van der Waals surface area contributed by atoms with Gasteiger partial charge < -0.3 is 19.5 Å². The van der Waals surface area contributed by atoms with Gasteiger partial charge >= 0.3 is 0 Å². The highest BCUT2D eigenvalue weighted by atomic mass is 32.1. The summed E-state index contributed by atoms with van der Waals surface area (Å²) in [6.45, 7) is 7.28. The van der Waals surface area contributed by atoms with Crippen molar-refractivity contribution in [2.45, 2.75) is 20.4 Å². The molecule has 10 nitrogen and oxygen atoms in total. The highest BCUT2D eigenvalue weighted by molar-refractivity contribution is 7.80. The molecular formula is C21H25N9OS. The fourth-order valence-corrected chi connectivity index (χ4v) is 3.50. The van der Waals surface area contributed by atoms with E-state index in [-0.39, 0.29) is 0 Å². The normalized spacial score (nSPS) is 14.4. The maximum Gasteiger partial charge on any atom is 0.229 e. The maximum atomic E-state index is 5.46. The van der Waals surface area contributed by atoms with E-state index in [0.29, 0.717) is 23.6 Å². The molecule has 0 aromatic carbocycles. The number of aromatic nitrogens is 4. The van der Waals surface area contributed by atoms with Crippen molar-refractivity contribution in [2.75, 3.05) is 36.4 Å². The van der Waals surface area contributed by atoms with Crippen LogP contribution in [0, 0.1) is 13.8 Å². The third kappa shape index (κ3) is 5.76. The molecule has 1 saturated heterocycles. The topological polar surface area (TPSA) is 108 Å². The van der Waals surface area contributed by atoms with Crippen molar-refractivity contribution in [3.8, 4) is 0 Å². The zero-order chi connectivity index (χ0) is 22.3. The molecule has 1 aliphatic rings. The van der Waals surface area contributed by atoms with Crippen LogP contribution in [0.15, 0.2) is 52.3 Å². The van der Waals surface area contributed by atoms with Crippen LogP contribution in [0.1, 0.15) is 17.1 Å². The molecule has 166 valence electrons. The maximum absolute atomic E-state index is 5.46. The van der Waals surface area contributed by atoms with Gasteiger partial charge in [-0.15, -0.1) is 0 Å². The molecule has 0 unspecified atom stereocenters. The van der Waals surface area contributed by atoms with E-state index < -0.39 is 0 Å². The van der Waals surface area contributed by atoms with Crippen molar-refractivity contribution in [3.63, 3.8) is 0 Å². The Bertz CT molecular complexity index is 1040. The van der Waals surface area contributed by atoms with Crippen LogP contribution in [0.4, 0.5) is 11.9 Å². The van der Waals surface area contributed by atoms with Gasteiger partial charge in [-0.2, -0.15) is 4.99 Å². The van der Waals surface area contributed by atoms with Gasteiger partial charge in [0.2, 0.25) is 17.9 Å². The first-order chi connectivity index (χ1) is 15.6. The Hall–Kier alpha value is -3.60. The van der Waals surface area contributed by atoms with Crippen molar-refractivity contribution < 1.29 is 4.42 Å². The number of piperazine rings is 1.